The summed E-state index contributed by atoms with van der Waals surface area (Å²) in [6, 6.07) is 81.6. The van der Waals surface area contributed by atoms with E-state index < -0.39 is 5.41 Å². The summed E-state index contributed by atoms with van der Waals surface area (Å²) in [5.41, 5.74) is 14.8. The first-order valence-electron chi connectivity index (χ1n) is 21.9. The number of anilines is 6. The average Bonchev–Trinajstić information content (AvgIpc) is 3.88. The predicted molar refractivity (Wildman–Crippen MR) is 268 cm³/mol. The van der Waals surface area contributed by atoms with Crippen LogP contribution in [0.3, 0.4) is 0 Å². The van der Waals surface area contributed by atoms with Crippen LogP contribution in [0.1, 0.15) is 27.8 Å². The molecule has 3 nitrogen and oxygen atoms in total. The van der Waals surface area contributed by atoms with E-state index in [1.165, 1.54) is 64.3 Å². The second-order valence-corrected chi connectivity index (χ2v) is 17.9. The zero-order valence-corrected chi connectivity index (χ0v) is 35.9. The minimum absolute atomic E-state index is 0.565. The van der Waals surface area contributed by atoms with Crippen molar-refractivity contribution >= 4 is 76.4 Å². The van der Waals surface area contributed by atoms with Gasteiger partial charge in [0, 0.05) is 61.1 Å². The molecule has 2 heterocycles. The quantitative estimate of drug-likeness (QED) is 0.166. The molecule has 10 aromatic carbocycles. The Balaban J connectivity index is 1.02. The molecule has 11 aromatic rings. The molecule has 4 heteroatoms. The van der Waals surface area contributed by atoms with Gasteiger partial charge in [0.15, 0.2) is 0 Å². The minimum atomic E-state index is -0.565. The summed E-state index contributed by atoms with van der Waals surface area (Å²) in [7, 11) is 0. The van der Waals surface area contributed by atoms with Crippen molar-refractivity contribution in [2.24, 2.45) is 0 Å². The first kappa shape index (κ1) is 36.7. The number of ether oxygens (including phenoxy) is 1. The van der Waals surface area contributed by atoms with Crippen molar-refractivity contribution in [3.05, 3.63) is 252 Å². The molecule has 1 aromatic heterocycles. The molecule has 1 atom stereocenters. The zero-order valence-electron chi connectivity index (χ0n) is 35.1. The van der Waals surface area contributed by atoms with Crippen molar-refractivity contribution in [2.75, 3.05) is 9.80 Å². The van der Waals surface area contributed by atoms with E-state index in [0.717, 1.165) is 51.2 Å². The number of aryl methyl sites for hydroxylation is 1. The van der Waals surface area contributed by atoms with E-state index in [4.69, 9.17) is 4.74 Å². The number of thiophene rings is 1. The topological polar surface area (TPSA) is 15.7 Å². The van der Waals surface area contributed by atoms with Gasteiger partial charge in [0.2, 0.25) is 0 Å². The molecule has 1 unspecified atom stereocenters. The van der Waals surface area contributed by atoms with Crippen LogP contribution in [0.4, 0.5) is 34.1 Å². The third-order valence-corrected chi connectivity index (χ3v) is 14.5. The molecule has 0 bridgehead atoms. The zero-order chi connectivity index (χ0) is 42.4. The summed E-state index contributed by atoms with van der Waals surface area (Å²) in [4.78, 5) is 4.77. The Morgan fingerprint density at radius 3 is 1.80 bits per heavy atom. The summed E-state index contributed by atoms with van der Waals surface area (Å²) in [6.07, 6.45) is 0. The highest BCUT2D eigenvalue weighted by Crippen LogP contribution is 2.63. The summed E-state index contributed by atoms with van der Waals surface area (Å²) < 4.78 is 9.56. The fourth-order valence-corrected chi connectivity index (χ4v) is 12.1. The van der Waals surface area contributed by atoms with Gasteiger partial charge in [-0.05, 0) is 112 Å². The highest BCUT2D eigenvalue weighted by Gasteiger charge is 2.51. The van der Waals surface area contributed by atoms with Gasteiger partial charge in [0.1, 0.15) is 11.5 Å². The molecule has 1 aliphatic heterocycles. The van der Waals surface area contributed by atoms with Crippen LogP contribution in [0, 0.1) is 6.92 Å². The van der Waals surface area contributed by atoms with Gasteiger partial charge in [-0.3, -0.25) is 0 Å². The Kier molecular flexibility index (Phi) is 8.21. The molecule has 0 N–H and O–H groups in total. The first-order valence-corrected chi connectivity index (χ1v) is 22.7. The Morgan fingerprint density at radius 1 is 0.422 bits per heavy atom. The Labute approximate surface area is 376 Å². The molecule has 0 amide bonds. The molecule has 0 saturated carbocycles. The number of fused-ring (bicyclic) bond motifs is 14. The average molecular weight is 837 g/mol. The van der Waals surface area contributed by atoms with Crippen LogP contribution in [0.25, 0.3) is 42.1 Å². The van der Waals surface area contributed by atoms with E-state index in [1.54, 1.807) is 0 Å². The largest absolute Gasteiger partial charge is 0.457 e. The second-order valence-electron chi connectivity index (χ2n) is 16.9. The Hall–Kier alpha value is -7.92. The first-order chi connectivity index (χ1) is 31.7. The Bertz CT molecular complexity index is 3580. The number of hydrogen-bond donors (Lipinski definition) is 0. The van der Waals surface area contributed by atoms with Crippen molar-refractivity contribution in [2.45, 2.75) is 12.3 Å². The third-order valence-electron chi connectivity index (χ3n) is 13.4. The SMILES string of the molecule is Cc1cc(N(c2ccccc2)c2ccccc2)cc2sc3c(N(c4ccccc4)c4ccc5c(c4)Oc4ccccc4C54c5ccccc5-c5c4ccc4ccccc54)cccc3c12. The summed E-state index contributed by atoms with van der Waals surface area (Å²) in [6.45, 7) is 2.25. The van der Waals surface area contributed by atoms with Gasteiger partial charge in [-0.1, -0.05) is 152 Å². The lowest BCUT2D eigenvalue weighted by molar-refractivity contribution is 0.436. The van der Waals surface area contributed by atoms with Gasteiger partial charge in [0.05, 0.1) is 15.8 Å². The van der Waals surface area contributed by atoms with Crippen molar-refractivity contribution in [1.29, 1.82) is 0 Å². The predicted octanol–water partition coefficient (Wildman–Crippen LogP) is 16.9. The minimum Gasteiger partial charge on any atom is -0.457 e. The van der Waals surface area contributed by atoms with E-state index in [9.17, 15) is 0 Å². The van der Waals surface area contributed by atoms with Crippen LogP contribution in [0.2, 0.25) is 0 Å². The van der Waals surface area contributed by atoms with Gasteiger partial charge in [-0.15, -0.1) is 11.3 Å². The lowest BCUT2D eigenvalue weighted by Gasteiger charge is -2.40. The Morgan fingerprint density at radius 2 is 1.03 bits per heavy atom. The maximum Gasteiger partial charge on any atom is 0.134 e. The molecule has 13 rings (SSSR count). The van der Waals surface area contributed by atoms with Crippen LogP contribution in [0.5, 0.6) is 11.5 Å². The van der Waals surface area contributed by atoms with Gasteiger partial charge in [-0.2, -0.15) is 0 Å². The monoisotopic (exact) mass is 836 g/mol. The molecule has 1 aliphatic carbocycles. The maximum atomic E-state index is 7.08. The van der Waals surface area contributed by atoms with Gasteiger partial charge < -0.3 is 14.5 Å². The smallest absolute Gasteiger partial charge is 0.134 e. The molecule has 0 fully saturated rings. The van der Waals surface area contributed by atoms with E-state index >= 15 is 0 Å². The van der Waals surface area contributed by atoms with Crippen LogP contribution in [-0.2, 0) is 5.41 Å². The van der Waals surface area contributed by atoms with Crippen LogP contribution >= 0.6 is 11.3 Å². The maximum absolute atomic E-state index is 7.08. The number of hydrogen-bond acceptors (Lipinski definition) is 4. The molecule has 0 saturated heterocycles. The lowest BCUT2D eigenvalue weighted by Crippen LogP contribution is -2.32. The fourth-order valence-electron chi connectivity index (χ4n) is 10.8. The number of benzene rings is 10. The molecular formula is C60H40N2OS. The lowest BCUT2D eigenvalue weighted by atomic mass is 9.66. The van der Waals surface area contributed by atoms with Gasteiger partial charge in [0.25, 0.3) is 0 Å². The molecule has 64 heavy (non-hydrogen) atoms. The van der Waals surface area contributed by atoms with Crippen LogP contribution in [0.15, 0.2) is 224 Å². The van der Waals surface area contributed by atoms with Crippen molar-refractivity contribution in [3.8, 4) is 22.6 Å². The highest BCUT2D eigenvalue weighted by atomic mass is 32.1. The van der Waals surface area contributed by atoms with Gasteiger partial charge >= 0.3 is 0 Å². The van der Waals surface area contributed by atoms with Gasteiger partial charge in [-0.25, -0.2) is 0 Å². The summed E-state index contributed by atoms with van der Waals surface area (Å²) in [5.74, 6) is 1.74. The van der Waals surface area contributed by atoms with Crippen molar-refractivity contribution < 1.29 is 4.74 Å². The summed E-state index contributed by atoms with van der Waals surface area (Å²) >= 11 is 1.86. The number of nitrogens with zero attached hydrogens (tertiary/aromatic N) is 2. The molecule has 0 radical (unpaired) electrons. The third kappa shape index (κ3) is 5.33. The number of rotatable bonds is 6. The number of para-hydroxylation sites is 4. The summed E-state index contributed by atoms with van der Waals surface area (Å²) in [5, 5.41) is 5.06. The second kappa shape index (κ2) is 14.3. The molecule has 302 valence electrons. The van der Waals surface area contributed by atoms with Crippen molar-refractivity contribution in [3.63, 3.8) is 0 Å². The van der Waals surface area contributed by atoms with Crippen LogP contribution in [-0.4, -0.2) is 0 Å². The fraction of sp³-hybridized carbons (Fsp3) is 0.0333. The van der Waals surface area contributed by atoms with Crippen LogP contribution < -0.4 is 14.5 Å². The van der Waals surface area contributed by atoms with E-state index in [0.29, 0.717) is 0 Å². The standard InChI is InChI=1S/C60H40N2OS/c1-39-36-45(61(41-19-5-2-6-20-41)42-21-7-3-8-22-42)38-56-57(39)48-27-17-30-53(59(48)64-56)62(43-23-9-4-10-24-43)44-33-35-51-55(37-44)63-54-31-16-15-29-50(54)60(51)49-28-14-13-26-47(49)58-46-25-12-11-18-40(46)32-34-52(58)60/h2-38H,1H3. The van der Waals surface area contributed by atoms with E-state index in [1.807, 2.05) is 11.3 Å². The van der Waals surface area contributed by atoms with E-state index in [2.05, 4.69) is 241 Å². The molecule has 2 aliphatic rings. The normalized spacial score (nSPS) is 14.5. The van der Waals surface area contributed by atoms with E-state index in [-0.39, 0.29) is 0 Å². The van der Waals surface area contributed by atoms with Crippen molar-refractivity contribution in [1.82, 2.24) is 0 Å². The molecule has 1 spiro atoms. The highest BCUT2D eigenvalue weighted by molar-refractivity contribution is 7.26. The molecular weight excluding hydrogens is 797 g/mol.